The molecule has 0 radical (unpaired) electrons. The van der Waals surface area contributed by atoms with Gasteiger partial charge in [-0.2, -0.15) is 0 Å². The van der Waals surface area contributed by atoms with Crippen LogP contribution in [-0.4, -0.2) is 20.2 Å². The Balaban J connectivity index is 2.12. The molecule has 0 aliphatic rings. The van der Waals surface area contributed by atoms with Gasteiger partial charge in [-0.05, 0) is 48.9 Å². The van der Waals surface area contributed by atoms with E-state index in [2.05, 4.69) is 0 Å². The Morgan fingerprint density at radius 1 is 1.04 bits per heavy atom. The van der Waals surface area contributed by atoms with Gasteiger partial charge in [-0.15, -0.1) is 0 Å². The molecular weight excluding hydrogens is 316 g/mol. The summed E-state index contributed by atoms with van der Waals surface area (Å²) >= 11 is 5.87. The van der Waals surface area contributed by atoms with Crippen LogP contribution in [0.25, 0.3) is 6.08 Å². The Morgan fingerprint density at radius 2 is 1.83 bits per heavy atom. The summed E-state index contributed by atoms with van der Waals surface area (Å²) < 4.78 is 15.7. The molecule has 4 nitrogen and oxygen atoms in total. The lowest BCUT2D eigenvalue weighted by molar-refractivity contribution is -0.128. The van der Waals surface area contributed by atoms with Crippen molar-refractivity contribution in [3.8, 4) is 17.2 Å². The van der Waals surface area contributed by atoms with Crippen molar-refractivity contribution < 1.29 is 19.0 Å². The largest absolute Gasteiger partial charge is 0.497 e. The predicted octanol–water partition coefficient (Wildman–Crippen LogP) is 4.28. The van der Waals surface area contributed by atoms with Crippen LogP contribution in [0.3, 0.4) is 0 Å². The van der Waals surface area contributed by atoms with E-state index in [1.807, 2.05) is 6.92 Å². The van der Waals surface area contributed by atoms with Crippen LogP contribution in [0.2, 0.25) is 5.02 Å². The molecule has 0 N–H and O–H groups in total. The SMILES string of the molecule is COc1ccc(C=CC(=O)Oc2ccc(Cl)cc2C)c(OC)c1. The molecule has 0 aliphatic carbocycles. The number of halogens is 1. The van der Waals surface area contributed by atoms with Crippen LogP contribution in [0.4, 0.5) is 0 Å². The van der Waals surface area contributed by atoms with E-state index in [4.69, 9.17) is 25.8 Å². The molecule has 0 heterocycles. The number of benzene rings is 2. The van der Waals surface area contributed by atoms with E-state index in [-0.39, 0.29) is 0 Å². The quantitative estimate of drug-likeness (QED) is 0.465. The van der Waals surface area contributed by atoms with Gasteiger partial charge in [-0.1, -0.05) is 11.6 Å². The predicted molar refractivity (Wildman–Crippen MR) is 90.4 cm³/mol. The molecule has 0 atom stereocenters. The molecule has 0 aromatic heterocycles. The molecule has 5 heteroatoms. The average molecular weight is 333 g/mol. The molecule has 23 heavy (non-hydrogen) atoms. The molecule has 0 saturated heterocycles. The molecular formula is C18H17ClO4. The fourth-order valence-electron chi connectivity index (χ4n) is 1.98. The lowest BCUT2D eigenvalue weighted by Crippen LogP contribution is -2.04. The third-order valence-corrected chi connectivity index (χ3v) is 3.42. The fourth-order valence-corrected chi connectivity index (χ4v) is 2.21. The molecule has 0 unspecified atom stereocenters. The van der Waals surface area contributed by atoms with Crippen molar-refractivity contribution in [2.45, 2.75) is 6.92 Å². The second-order valence-corrected chi connectivity index (χ2v) is 5.21. The monoisotopic (exact) mass is 332 g/mol. The zero-order chi connectivity index (χ0) is 16.8. The second kappa shape index (κ2) is 7.70. The summed E-state index contributed by atoms with van der Waals surface area (Å²) in [5.74, 6) is 1.29. The molecule has 2 aromatic rings. The molecule has 0 amide bonds. The standard InChI is InChI=1S/C18H17ClO4/c1-12-10-14(19)6-8-16(12)23-18(20)9-5-13-4-7-15(21-2)11-17(13)22-3/h4-11H,1-3H3. The van der Waals surface area contributed by atoms with Crippen LogP contribution in [0.15, 0.2) is 42.5 Å². The number of methoxy groups -OCH3 is 2. The zero-order valence-electron chi connectivity index (χ0n) is 13.1. The number of ether oxygens (including phenoxy) is 3. The van der Waals surface area contributed by atoms with Crippen molar-refractivity contribution in [1.82, 2.24) is 0 Å². The summed E-state index contributed by atoms with van der Waals surface area (Å²) in [5, 5.41) is 0.598. The van der Waals surface area contributed by atoms with Gasteiger partial charge in [-0.3, -0.25) is 0 Å². The first kappa shape index (κ1) is 16.9. The summed E-state index contributed by atoms with van der Waals surface area (Å²) in [6.45, 7) is 1.82. The molecule has 120 valence electrons. The van der Waals surface area contributed by atoms with Gasteiger partial charge >= 0.3 is 5.97 Å². The van der Waals surface area contributed by atoms with E-state index < -0.39 is 5.97 Å². The Kier molecular flexibility index (Phi) is 5.66. The van der Waals surface area contributed by atoms with Crippen molar-refractivity contribution in [1.29, 1.82) is 0 Å². The van der Waals surface area contributed by atoms with Gasteiger partial charge in [0.05, 0.1) is 14.2 Å². The van der Waals surface area contributed by atoms with Crippen LogP contribution in [-0.2, 0) is 4.79 Å². The van der Waals surface area contributed by atoms with Gasteiger partial charge in [0.15, 0.2) is 0 Å². The van der Waals surface area contributed by atoms with E-state index in [0.29, 0.717) is 22.3 Å². The van der Waals surface area contributed by atoms with E-state index >= 15 is 0 Å². The summed E-state index contributed by atoms with van der Waals surface area (Å²) in [7, 11) is 3.14. The Bertz CT molecular complexity index is 738. The first-order valence-electron chi connectivity index (χ1n) is 6.91. The van der Waals surface area contributed by atoms with Gasteiger partial charge in [0, 0.05) is 22.7 Å². The lowest BCUT2D eigenvalue weighted by Gasteiger charge is -2.07. The van der Waals surface area contributed by atoms with Crippen molar-refractivity contribution in [2.75, 3.05) is 14.2 Å². The maximum atomic E-state index is 11.9. The van der Waals surface area contributed by atoms with E-state index in [1.165, 1.54) is 6.08 Å². The van der Waals surface area contributed by atoms with Gasteiger partial charge < -0.3 is 14.2 Å². The van der Waals surface area contributed by atoms with Gasteiger partial charge in [0.2, 0.25) is 0 Å². The smallest absolute Gasteiger partial charge is 0.336 e. The van der Waals surface area contributed by atoms with Crippen LogP contribution >= 0.6 is 11.6 Å². The first-order valence-corrected chi connectivity index (χ1v) is 7.29. The van der Waals surface area contributed by atoms with Crippen LogP contribution < -0.4 is 14.2 Å². The second-order valence-electron chi connectivity index (χ2n) is 4.77. The van der Waals surface area contributed by atoms with E-state index in [1.54, 1.807) is 56.7 Å². The van der Waals surface area contributed by atoms with Gasteiger partial charge in [-0.25, -0.2) is 4.79 Å². The summed E-state index contributed by atoms with van der Waals surface area (Å²) in [5.41, 5.74) is 1.54. The minimum atomic E-state index is -0.478. The maximum Gasteiger partial charge on any atom is 0.336 e. The van der Waals surface area contributed by atoms with Crippen molar-refractivity contribution in [3.05, 3.63) is 58.6 Å². The summed E-state index contributed by atoms with van der Waals surface area (Å²) in [6, 6.07) is 10.4. The summed E-state index contributed by atoms with van der Waals surface area (Å²) in [4.78, 5) is 11.9. The number of carbonyl (C=O) groups is 1. The van der Waals surface area contributed by atoms with E-state index in [0.717, 1.165) is 11.1 Å². The molecule has 0 fully saturated rings. The van der Waals surface area contributed by atoms with Crippen molar-refractivity contribution >= 4 is 23.6 Å². The topological polar surface area (TPSA) is 44.8 Å². The molecule has 2 rings (SSSR count). The highest BCUT2D eigenvalue weighted by atomic mass is 35.5. The molecule has 0 spiro atoms. The number of esters is 1. The fraction of sp³-hybridized carbons (Fsp3) is 0.167. The summed E-state index contributed by atoms with van der Waals surface area (Å²) in [6.07, 6.45) is 2.98. The highest BCUT2D eigenvalue weighted by molar-refractivity contribution is 6.30. The highest BCUT2D eigenvalue weighted by Crippen LogP contribution is 2.26. The molecule has 0 bridgehead atoms. The normalized spacial score (nSPS) is 10.6. The minimum absolute atomic E-state index is 0.478. The highest BCUT2D eigenvalue weighted by Gasteiger charge is 2.06. The van der Waals surface area contributed by atoms with Gasteiger partial charge in [0.1, 0.15) is 17.2 Å². The molecule has 2 aromatic carbocycles. The van der Waals surface area contributed by atoms with Crippen LogP contribution in [0.5, 0.6) is 17.2 Å². The maximum absolute atomic E-state index is 11.9. The first-order chi connectivity index (χ1) is 11.0. The van der Waals surface area contributed by atoms with E-state index in [9.17, 15) is 4.79 Å². The Hall–Kier alpha value is -2.46. The van der Waals surface area contributed by atoms with Crippen molar-refractivity contribution in [2.24, 2.45) is 0 Å². The molecule has 0 saturated carbocycles. The Morgan fingerprint density at radius 3 is 2.48 bits per heavy atom. The third kappa shape index (κ3) is 4.50. The van der Waals surface area contributed by atoms with Crippen LogP contribution in [0.1, 0.15) is 11.1 Å². The number of rotatable bonds is 5. The number of hydrogen-bond acceptors (Lipinski definition) is 4. The minimum Gasteiger partial charge on any atom is -0.497 e. The number of hydrogen-bond donors (Lipinski definition) is 0. The zero-order valence-corrected chi connectivity index (χ0v) is 13.9. The van der Waals surface area contributed by atoms with Crippen LogP contribution in [0, 0.1) is 6.92 Å². The average Bonchev–Trinajstić information content (AvgIpc) is 2.55. The number of carbonyl (C=O) groups excluding carboxylic acids is 1. The molecule has 0 aliphatic heterocycles. The Labute approximate surface area is 140 Å². The number of aryl methyl sites for hydroxylation is 1. The van der Waals surface area contributed by atoms with Gasteiger partial charge in [0.25, 0.3) is 0 Å². The third-order valence-electron chi connectivity index (χ3n) is 3.19. The van der Waals surface area contributed by atoms with Crippen molar-refractivity contribution in [3.63, 3.8) is 0 Å². The lowest BCUT2D eigenvalue weighted by atomic mass is 10.1.